The number of benzene rings is 3. The maximum atomic E-state index is 15.2. The number of hydrogen-bond donors (Lipinski definition) is 1. The Hall–Kier alpha value is -3.41. The lowest BCUT2D eigenvalue weighted by Gasteiger charge is -2.14. The molecule has 0 saturated heterocycles. The van der Waals surface area contributed by atoms with Crippen molar-refractivity contribution in [2.24, 2.45) is 0 Å². The highest BCUT2D eigenvalue weighted by Crippen LogP contribution is 2.35. The Morgan fingerprint density at radius 3 is 1.87 bits per heavy atom. The zero-order chi connectivity index (χ0) is 28.0. The Labute approximate surface area is 231 Å². The predicted octanol–water partition coefficient (Wildman–Crippen LogP) is 9.70. The molecule has 0 saturated carbocycles. The van der Waals surface area contributed by atoms with Crippen molar-refractivity contribution in [3.63, 3.8) is 0 Å². The summed E-state index contributed by atoms with van der Waals surface area (Å²) in [5.41, 5.74) is 1.38. The van der Waals surface area contributed by atoms with Crippen molar-refractivity contribution in [1.82, 2.24) is 0 Å². The monoisotopic (exact) mass is 538 g/mol. The molecule has 0 spiro atoms. The first-order valence-electron chi connectivity index (χ1n) is 14.2. The van der Waals surface area contributed by atoms with Crippen LogP contribution in [0.4, 0.5) is 8.78 Å². The number of halogens is 2. The molecule has 6 heteroatoms. The van der Waals surface area contributed by atoms with E-state index in [2.05, 4.69) is 13.8 Å². The second kappa shape index (κ2) is 15.9. The minimum atomic E-state index is -1.22. The van der Waals surface area contributed by atoms with Gasteiger partial charge in [-0.2, -0.15) is 4.39 Å². The van der Waals surface area contributed by atoms with Crippen LogP contribution in [0.15, 0.2) is 54.6 Å². The molecule has 0 aliphatic rings. The van der Waals surface area contributed by atoms with Crippen LogP contribution in [0.3, 0.4) is 0 Å². The second-order valence-electron chi connectivity index (χ2n) is 9.85. The van der Waals surface area contributed by atoms with E-state index in [0.717, 1.165) is 56.3 Å². The molecule has 0 unspecified atom stereocenters. The van der Waals surface area contributed by atoms with E-state index in [4.69, 9.17) is 9.47 Å². The Morgan fingerprint density at radius 1 is 0.667 bits per heavy atom. The molecule has 0 bridgehead atoms. The number of rotatable bonds is 17. The summed E-state index contributed by atoms with van der Waals surface area (Å²) in [4.78, 5) is 11.9. The van der Waals surface area contributed by atoms with Crippen molar-refractivity contribution < 1.29 is 28.2 Å². The van der Waals surface area contributed by atoms with E-state index in [1.807, 2.05) is 24.3 Å². The highest BCUT2D eigenvalue weighted by atomic mass is 19.2. The Bertz CT molecular complexity index is 1190. The van der Waals surface area contributed by atoms with Crippen LogP contribution >= 0.6 is 0 Å². The number of carboxylic acids is 1. The van der Waals surface area contributed by atoms with E-state index in [1.165, 1.54) is 37.5 Å². The SMILES string of the molecule is CCCCCCCOc1ccc(-c2ccc(C(=O)O)c(-c3ccc(OCCCCCCC)c(F)c3F)c2)cc1. The topological polar surface area (TPSA) is 55.8 Å². The molecule has 210 valence electrons. The first kappa shape index (κ1) is 30.1. The van der Waals surface area contributed by atoms with Crippen molar-refractivity contribution in [1.29, 1.82) is 0 Å². The van der Waals surface area contributed by atoms with E-state index in [9.17, 15) is 14.3 Å². The number of aromatic carboxylic acids is 1. The van der Waals surface area contributed by atoms with Gasteiger partial charge in [0.05, 0.1) is 18.8 Å². The van der Waals surface area contributed by atoms with Gasteiger partial charge in [0, 0.05) is 5.56 Å². The summed E-state index contributed by atoms with van der Waals surface area (Å²) in [5, 5.41) is 9.74. The highest BCUT2D eigenvalue weighted by molar-refractivity contribution is 5.97. The molecule has 39 heavy (non-hydrogen) atoms. The first-order chi connectivity index (χ1) is 19.0. The fourth-order valence-electron chi connectivity index (χ4n) is 4.51. The van der Waals surface area contributed by atoms with E-state index in [-0.39, 0.29) is 22.4 Å². The summed E-state index contributed by atoms with van der Waals surface area (Å²) in [7, 11) is 0. The summed E-state index contributed by atoms with van der Waals surface area (Å²) in [6.45, 7) is 5.27. The van der Waals surface area contributed by atoms with E-state index < -0.39 is 17.6 Å². The Morgan fingerprint density at radius 2 is 1.26 bits per heavy atom. The Balaban J connectivity index is 1.75. The highest BCUT2D eigenvalue weighted by Gasteiger charge is 2.21. The predicted molar refractivity (Wildman–Crippen MR) is 153 cm³/mol. The number of ether oxygens (including phenoxy) is 2. The van der Waals surface area contributed by atoms with Crippen molar-refractivity contribution in [3.05, 3.63) is 71.8 Å². The quantitative estimate of drug-likeness (QED) is 0.174. The van der Waals surface area contributed by atoms with Crippen molar-refractivity contribution in [2.45, 2.75) is 78.1 Å². The van der Waals surface area contributed by atoms with Gasteiger partial charge < -0.3 is 14.6 Å². The molecular weight excluding hydrogens is 498 g/mol. The summed E-state index contributed by atoms with van der Waals surface area (Å²) in [5.74, 6) is -2.86. The largest absolute Gasteiger partial charge is 0.494 e. The first-order valence-corrected chi connectivity index (χ1v) is 14.2. The van der Waals surface area contributed by atoms with Crippen LogP contribution in [0.2, 0.25) is 0 Å². The van der Waals surface area contributed by atoms with Crippen molar-refractivity contribution in [3.8, 4) is 33.8 Å². The third-order valence-electron chi connectivity index (χ3n) is 6.80. The standard InChI is InChI=1S/C33H40F2O4/c1-3-5-7-9-11-21-38-26-16-13-24(14-17-26)25-15-18-28(33(36)37)29(23-25)27-19-20-30(32(35)31(27)34)39-22-12-10-8-6-4-2/h13-20,23H,3-12,21-22H2,1-2H3,(H,36,37). The van der Waals surface area contributed by atoms with Crippen LogP contribution in [0, 0.1) is 11.6 Å². The lowest BCUT2D eigenvalue weighted by molar-refractivity contribution is 0.0697. The second-order valence-corrected chi connectivity index (χ2v) is 9.85. The zero-order valence-electron chi connectivity index (χ0n) is 23.1. The van der Waals surface area contributed by atoms with Gasteiger partial charge in [-0.3, -0.25) is 0 Å². The van der Waals surface area contributed by atoms with Gasteiger partial charge in [0.1, 0.15) is 5.75 Å². The molecule has 3 aromatic rings. The summed E-state index contributed by atoms with van der Waals surface area (Å²) < 4.78 is 41.4. The number of carboxylic acid groups (broad SMARTS) is 1. The normalized spacial score (nSPS) is 11.0. The van der Waals surface area contributed by atoms with E-state index in [1.54, 1.807) is 12.1 Å². The molecule has 1 N–H and O–H groups in total. The van der Waals surface area contributed by atoms with Gasteiger partial charge in [-0.05, 0) is 65.9 Å². The van der Waals surface area contributed by atoms with Crippen LogP contribution in [-0.4, -0.2) is 24.3 Å². The van der Waals surface area contributed by atoms with Crippen LogP contribution < -0.4 is 9.47 Å². The van der Waals surface area contributed by atoms with Gasteiger partial charge in [-0.1, -0.05) is 83.4 Å². The van der Waals surface area contributed by atoms with Crippen LogP contribution in [-0.2, 0) is 0 Å². The average Bonchev–Trinajstić information content (AvgIpc) is 2.94. The van der Waals surface area contributed by atoms with E-state index in [0.29, 0.717) is 18.8 Å². The molecule has 3 rings (SSSR count). The third-order valence-corrected chi connectivity index (χ3v) is 6.80. The molecule has 0 atom stereocenters. The molecule has 0 fully saturated rings. The average molecular weight is 539 g/mol. The lowest BCUT2D eigenvalue weighted by Crippen LogP contribution is -2.04. The van der Waals surface area contributed by atoms with Gasteiger partial charge >= 0.3 is 5.97 Å². The van der Waals surface area contributed by atoms with Gasteiger partial charge in [0.2, 0.25) is 5.82 Å². The fraction of sp³-hybridized carbons (Fsp3) is 0.424. The zero-order valence-corrected chi connectivity index (χ0v) is 23.1. The number of hydrogen-bond acceptors (Lipinski definition) is 3. The van der Waals surface area contributed by atoms with Gasteiger partial charge in [-0.15, -0.1) is 0 Å². The Kier molecular flexibility index (Phi) is 12.3. The van der Waals surface area contributed by atoms with Crippen LogP contribution in [0.25, 0.3) is 22.3 Å². The molecule has 4 nitrogen and oxygen atoms in total. The molecule has 0 heterocycles. The third kappa shape index (κ3) is 8.81. The molecule has 0 aliphatic heterocycles. The fourth-order valence-corrected chi connectivity index (χ4v) is 4.51. The molecule has 0 aromatic heterocycles. The summed E-state index contributed by atoms with van der Waals surface area (Å²) in [6, 6.07) is 14.9. The maximum absolute atomic E-state index is 15.2. The summed E-state index contributed by atoms with van der Waals surface area (Å²) >= 11 is 0. The minimum Gasteiger partial charge on any atom is -0.494 e. The lowest BCUT2D eigenvalue weighted by atomic mass is 9.94. The number of carbonyl (C=O) groups is 1. The molecule has 0 radical (unpaired) electrons. The maximum Gasteiger partial charge on any atom is 0.336 e. The molecule has 0 aliphatic carbocycles. The smallest absolute Gasteiger partial charge is 0.336 e. The van der Waals surface area contributed by atoms with E-state index >= 15 is 4.39 Å². The van der Waals surface area contributed by atoms with Gasteiger partial charge in [0.15, 0.2) is 11.6 Å². The van der Waals surface area contributed by atoms with Crippen molar-refractivity contribution in [2.75, 3.05) is 13.2 Å². The van der Waals surface area contributed by atoms with Crippen molar-refractivity contribution >= 4 is 5.97 Å². The van der Waals surface area contributed by atoms with Crippen LogP contribution in [0.1, 0.15) is 88.4 Å². The molecular formula is C33H40F2O4. The van der Waals surface area contributed by atoms with Crippen LogP contribution in [0.5, 0.6) is 11.5 Å². The van der Waals surface area contributed by atoms with Gasteiger partial charge in [-0.25, -0.2) is 9.18 Å². The summed E-state index contributed by atoms with van der Waals surface area (Å²) in [6.07, 6.45) is 10.9. The minimum absolute atomic E-state index is 0.106. The number of unbranched alkanes of at least 4 members (excludes halogenated alkanes) is 8. The van der Waals surface area contributed by atoms with Gasteiger partial charge in [0.25, 0.3) is 0 Å². The molecule has 3 aromatic carbocycles. The molecule has 0 amide bonds.